The van der Waals surface area contributed by atoms with Crippen molar-refractivity contribution in [1.82, 2.24) is 29.9 Å². The third kappa shape index (κ3) is 7.23. The Balaban J connectivity index is 0.000000158. The van der Waals surface area contributed by atoms with Gasteiger partial charge in [-0.1, -0.05) is 23.2 Å². The van der Waals surface area contributed by atoms with Gasteiger partial charge in [0.25, 0.3) is 0 Å². The molecule has 2 aliphatic carbocycles. The molecule has 4 aromatic heterocycles. The molecule has 0 aromatic carbocycles. The molecule has 0 amide bonds. The van der Waals surface area contributed by atoms with E-state index in [0.29, 0.717) is 11.8 Å². The zero-order valence-electron chi connectivity index (χ0n) is 20.1. The molecule has 8 nitrogen and oxygen atoms in total. The second-order valence-corrected chi connectivity index (χ2v) is 11.1. The van der Waals surface area contributed by atoms with E-state index in [1.54, 1.807) is 25.0 Å². The van der Waals surface area contributed by atoms with Crippen molar-refractivity contribution in [2.45, 2.75) is 63.2 Å². The molecule has 0 bridgehead atoms. The number of nitrogens with zero attached hydrogens (tertiary/aromatic N) is 6. The van der Waals surface area contributed by atoms with Crippen LogP contribution < -0.4 is 0 Å². The van der Waals surface area contributed by atoms with E-state index in [2.05, 4.69) is 83.9 Å². The van der Waals surface area contributed by atoms with Crippen molar-refractivity contribution in [2.75, 3.05) is 0 Å². The fourth-order valence-electron chi connectivity index (χ4n) is 4.25. The van der Waals surface area contributed by atoms with Gasteiger partial charge in [-0.15, -0.1) is 0 Å². The molecule has 2 saturated carbocycles. The first-order valence-electron chi connectivity index (χ1n) is 11.8. The van der Waals surface area contributed by atoms with Crippen LogP contribution in [0.1, 0.15) is 84.4 Å². The molecule has 4 aromatic rings. The predicted molar refractivity (Wildman–Crippen MR) is 153 cm³/mol. The molecule has 0 aliphatic heterocycles. The summed E-state index contributed by atoms with van der Waals surface area (Å²) in [5.74, 6) is 3.13. The first kappa shape index (κ1) is 28.3. The molecule has 0 atom stereocenters. The summed E-state index contributed by atoms with van der Waals surface area (Å²) in [6.45, 7) is 0. The summed E-state index contributed by atoms with van der Waals surface area (Å²) in [6, 6.07) is 4.19. The van der Waals surface area contributed by atoms with Gasteiger partial charge in [-0.25, -0.2) is 0 Å². The van der Waals surface area contributed by atoms with E-state index >= 15 is 0 Å². The van der Waals surface area contributed by atoms with Crippen molar-refractivity contribution in [3.05, 3.63) is 66.9 Å². The summed E-state index contributed by atoms with van der Waals surface area (Å²) in [7, 11) is 3.85. The van der Waals surface area contributed by atoms with Gasteiger partial charge in [0.05, 0.1) is 11.4 Å². The number of hydrogen-bond donors (Lipinski definition) is 0. The van der Waals surface area contributed by atoms with Crippen LogP contribution in [0, 0.1) is 3.70 Å². The van der Waals surface area contributed by atoms with Crippen LogP contribution in [0.5, 0.6) is 0 Å². The monoisotopic (exact) mass is 828 g/mol. The maximum absolute atomic E-state index is 5.40. The molecule has 198 valence electrons. The molecule has 0 unspecified atom stereocenters. The number of hydrogen-bond acceptors (Lipinski definition) is 6. The molecule has 12 heteroatoms. The molecule has 6 rings (SSSR count). The van der Waals surface area contributed by atoms with Crippen LogP contribution in [0.4, 0.5) is 0 Å². The Hall–Kier alpha value is -0.701. The normalized spacial score (nSPS) is 15.4. The Bertz CT molecular complexity index is 1160. The topological polar surface area (TPSA) is 87.7 Å². The number of aryl methyl sites for hydroxylation is 2. The van der Waals surface area contributed by atoms with E-state index in [9.17, 15) is 0 Å². The second-order valence-electron chi connectivity index (χ2n) is 9.28. The van der Waals surface area contributed by atoms with Crippen LogP contribution in [0.25, 0.3) is 0 Å². The summed E-state index contributed by atoms with van der Waals surface area (Å²) in [5, 5.41) is 16.9. The van der Waals surface area contributed by atoms with E-state index in [0.717, 1.165) is 49.6 Å². The van der Waals surface area contributed by atoms with Gasteiger partial charge in [-0.2, -0.15) is 10.2 Å². The van der Waals surface area contributed by atoms with Gasteiger partial charge in [0.2, 0.25) is 0 Å². The minimum atomic E-state index is 0.629. The quantitative estimate of drug-likeness (QED) is 0.157. The molecule has 0 radical (unpaired) electrons. The van der Waals surface area contributed by atoms with Gasteiger partial charge >= 0.3 is 33.1 Å². The Morgan fingerprint density at radius 2 is 1.33 bits per heavy atom. The fourth-order valence-corrected chi connectivity index (χ4v) is 5.41. The summed E-state index contributed by atoms with van der Waals surface area (Å²) < 4.78 is 16.3. The third-order valence-electron chi connectivity index (χ3n) is 6.64. The molecule has 36 heavy (non-hydrogen) atoms. The molecular weight excluding hydrogens is 802 g/mol. The number of aromatic nitrogens is 6. The van der Waals surface area contributed by atoms with E-state index in [-0.39, 0.29) is 0 Å². The van der Waals surface area contributed by atoms with Gasteiger partial charge < -0.3 is 9.05 Å². The van der Waals surface area contributed by atoms with Crippen molar-refractivity contribution >= 4 is 58.9 Å². The van der Waals surface area contributed by atoms with Gasteiger partial charge in [0.15, 0.2) is 0 Å². The van der Waals surface area contributed by atoms with Gasteiger partial charge in [-0.05, 0) is 64.2 Å². The van der Waals surface area contributed by atoms with Gasteiger partial charge in [-0.3, -0.25) is 9.36 Å². The second kappa shape index (κ2) is 13.4. The van der Waals surface area contributed by atoms with E-state index < -0.39 is 0 Å². The van der Waals surface area contributed by atoms with E-state index in [4.69, 9.17) is 9.05 Å². The van der Waals surface area contributed by atoms with Crippen molar-refractivity contribution in [2.24, 2.45) is 14.1 Å². The van der Waals surface area contributed by atoms with Crippen LogP contribution in [0.15, 0.2) is 38.2 Å². The van der Waals surface area contributed by atoms with Gasteiger partial charge in [0.1, 0.15) is 19.8 Å². The third-order valence-corrected chi connectivity index (χ3v) is 8.21. The van der Waals surface area contributed by atoms with Crippen molar-refractivity contribution in [3.63, 3.8) is 0 Å². The molecule has 2 fully saturated rings. The van der Waals surface area contributed by atoms with Crippen LogP contribution in [-0.4, -0.2) is 29.9 Å². The Morgan fingerprint density at radius 1 is 0.861 bits per heavy atom. The molecular formula is C24H28BrCuI2N6O2. The SMILES string of the molecule is Cn1cc(Cc2cc(C3CCC3)no2)c(Br)n1.Cn1cc(Cc2cc(C3CCC3)no2)c(I)n1.[Cu][I]. The fraction of sp³-hybridized carbons (Fsp3) is 0.500. The Kier molecular flexibility index (Phi) is 10.5. The molecule has 0 N–H and O–H groups in total. The molecule has 0 spiro atoms. The van der Waals surface area contributed by atoms with Crippen LogP contribution in [-0.2, 0) is 39.7 Å². The van der Waals surface area contributed by atoms with Gasteiger partial charge in [0, 0.05) is 74.4 Å². The summed E-state index contributed by atoms with van der Waals surface area (Å²) in [5.41, 5.74) is 4.57. The van der Waals surface area contributed by atoms with Crippen molar-refractivity contribution < 1.29 is 21.8 Å². The van der Waals surface area contributed by atoms with Crippen molar-refractivity contribution in [1.29, 1.82) is 0 Å². The number of halogens is 3. The number of rotatable bonds is 6. The Labute approximate surface area is 252 Å². The summed E-state index contributed by atoms with van der Waals surface area (Å²) in [4.78, 5) is 0. The molecule has 0 saturated heterocycles. The standard InChI is InChI=1S/C12H14BrN3O.C12H14IN3O.Cu.HI/c2*1-16-7-9(12(13)14-16)5-10-6-11(15-17-10)8-3-2-4-8;;/h2*6-8H,2-5H2,1H3;;1H/q;;+1;/p-1. The van der Waals surface area contributed by atoms with Crippen LogP contribution in [0.2, 0.25) is 0 Å². The Morgan fingerprint density at radius 3 is 1.72 bits per heavy atom. The summed E-state index contributed by atoms with van der Waals surface area (Å²) >= 11 is 11.6. The zero-order valence-corrected chi connectivity index (χ0v) is 26.9. The molecule has 4 heterocycles. The summed E-state index contributed by atoms with van der Waals surface area (Å²) in [6.07, 6.45) is 13.2. The average Bonchev–Trinajstić information content (AvgIpc) is 3.54. The zero-order chi connectivity index (χ0) is 25.7. The first-order valence-corrected chi connectivity index (χ1v) is 16.7. The molecule has 2 aliphatic rings. The van der Waals surface area contributed by atoms with Crippen LogP contribution in [0.3, 0.4) is 0 Å². The van der Waals surface area contributed by atoms with E-state index in [1.807, 2.05) is 31.2 Å². The predicted octanol–water partition coefficient (Wildman–Crippen LogP) is 6.78. The minimum absolute atomic E-state index is 0.629. The average molecular weight is 830 g/mol. The maximum atomic E-state index is 5.40. The van der Waals surface area contributed by atoms with Crippen molar-refractivity contribution in [3.8, 4) is 0 Å². The van der Waals surface area contributed by atoms with E-state index in [1.165, 1.54) is 44.1 Å². The first-order chi connectivity index (χ1) is 17.4. The van der Waals surface area contributed by atoms with Crippen LogP contribution >= 0.6 is 58.9 Å².